The number of ether oxygens (including phenoxy) is 2. The quantitative estimate of drug-likeness (QED) is 0.890. The first kappa shape index (κ1) is 17.6. The van der Waals surface area contributed by atoms with Crippen molar-refractivity contribution in [2.45, 2.75) is 32.1 Å². The Morgan fingerprint density at radius 3 is 2.32 bits per heavy atom. The number of carbonyl (C=O) groups is 2. The highest BCUT2D eigenvalue weighted by molar-refractivity contribution is 5.94. The van der Waals surface area contributed by atoms with Gasteiger partial charge in [0.25, 0.3) is 0 Å². The van der Waals surface area contributed by atoms with Gasteiger partial charge in [-0.2, -0.15) is 0 Å². The minimum atomic E-state index is -0.0720. The SMILES string of the molecule is COc1ccc(NC(=O)C2CCN(C(=O)C3CCC3)CC2)c(OC)c1. The van der Waals surface area contributed by atoms with Gasteiger partial charge in [-0.05, 0) is 37.8 Å². The van der Waals surface area contributed by atoms with Crippen LogP contribution in [-0.2, 0) is 9.59 Å². The highest BCUT2D eigenvalue weighted by Crippen LogP contribution is 2.32. The van der Waals surface area contributed by atoms with Gasteiger partial charge in [0.1, 0.15) is 11.5 Å². The first-order valence-electron chi connectivity index (χ1n) is 8.94. The Kier molecular flexibility index (Phi) is 5.46. The summed E-state index contributed by atoms with van der Waals surface area (Å²) >= 11 is 0. The average Bonchev–Trinajstić information content (AvgIpc) is 2.60. The van der Waals surface area contributed by atoms with E-state index in [1.807, 2.05) is 4.90 Å². The first-order valence-corrected chi connectivity index (χ1v) is 8.94. The highest BCUT2D eigenvalue weighted by Gasteiger charge is 2.33. The fourth-order valence-electron chi connectivity index (χ4n) is 3.41. The smallest absolute Gasteiger partial charge is 0.227 e. The van der Waals surface area contributed by atoms with Gasteiger partial charge >= 0.3 is 0 Å². The van der Waals surface area contributed by atoms with E-state index in [0.29, 0.717) is 43.1 Å². The predicted octanol–water partition coefficient (Wildman–Crippen LogP) is 2.68. The minimum Gasteiger partial charge on any atom is -0.497 e. The second-order valence-corrected chi connectivity index (χ2v) is 6.78. The normalized spacial score (nSPS) is 18.4. The molecule has 0 unspecified atom stereocenters. The van der Waals surface area contributed by atoms with Crippen molar-refractivity contribution in [1.82, 2.24) is 4.90 Å². The topological polar surface area (TPSA) is 67.9 Å². The van der Waals surface area contributed by atoms with Crippen LogP contribution in [0.1, 0.15) is 32.1 Å². The Morgan fingerprint density at radius 2 is 1.76 bits per heavy atom. The summed E-state index contributed by atoms with van der Waals surface area (Å²) in [6.07, 6.45) is 4.64. The van der Waals surface area contributed by atoms with E-state index in [4.69, 9.17) is 9.47 Å². The fraction of sp³-hybridized carbons (Fsp3) is 0.579. The number of hydrogen-bond donors (Lipinski definition) is 1. The van der Waals surface area contributed by atoms with Crippen molar-refractivity contribution < 1.29 is 19.1 Å². The summed E-state index contributed by atoms with van der Waals surface area (Å²) in [6, 6.07) is 5.32. The first-order chi connectivity index (χ1) is 12.1. The summed E-state index contributed by atoms with van der Waals surface area (Å²) in [5.74, 6) is 1.68. The molecule has 0 radical (unpaired) electrons. The lowest BCUT2D eigenvalue weighted by Gasteiger charge is -2.36. The molecular formula is C19H26N2O4. The summed E-state index contributed by atoms with van der Waals surface area (Å²) in [7, 11) is 3.15. The van der Waals surface area contributed by atoms with Crippen molar-refractivity contribution in [3.05, 3.63) is 18.2 Å². The number of piperidine rings is 1. The number of methoxy groups -OCH3 is 2. The Hall–Kier alpha value is -2.24. The molecule has 1 aromatic rings. The van der Waals surface area contributed by atoms with Crippen molar-refractivity contribution in [1.29, 1.82) is 0 Å². The summed E-state index contributed by atoms with van der Waals surface area (Å²) in [6.45, 7) is 1.35. The third-order valence-corrected chi connectivity index (χ3v) is 5.30. The molecule has 0 atom stereocenters. The van der Waals surface area contributed by atoms with Crippen molar-refractivity contribution in [2.75, 3.05) is 32.6 Å². The molecule has 1 saturated heterocycles. The van der Waals surface area contributed by atoms with Gasteiger partial charge in [-0.25, -0.2) is 0 Å². The van der Waals surface area contributed by atoms with Gasteiger partial charge in [0.15, 0.2) is 0 Å². The van der Waals surface area contributed by atoms with Crippen LogP contribution in [0.2, 0.25) is 0 Å². The number of amides is 2. The molecule has 6 nitrogen and oxygen atoms in total. The van der Waals surface area contributed by atoms with Crippen LogP contribution in [0.5, 0.6) is 11.5 Å². The zero-order chi connectivity index (χ0) is 17.8. The van der Waals surface area contributed by atoms with Gasteiger partial charge in [-0.15, -0.1) is 0 Å². The van der Waals surface area contributed by atoms with Crippen molar-refractivity contribution in [3.63, 3.8) is 0 Å². The molecule has 136 valence electrons. The maximum Gasteiger partial charge on any atom is 0.227 e. The molecular weight excluding hydrogens is 320 g/mol. The number of carbonyl (C=O) groups excluding carboxylic acids is 2. The summed E-state index contributed by atoms with van der Waals surface area (Å²) < 4.78 is 10.5. The van der Waals surface area contributed by atoms with Crippen LogP contribution in [0, 0.1) is 11.8 Å². The van der Waals surface area contributed by atoms with E-state index in [1.165, 1.54) is 6.42 Å². The largest absolute Gasteiger partial charge is 0.497 e. The number of hydrogen-bond acceptors (Lipinski definition) is 4. The van der Waals surface area contributed by atoms with E-state index in [9.17, 15) is 9.59 Å². The summed E-state index contributed by atoms with van der Waals surface area (Å²) in [5.41, 5.74) is 0.640. The molecule has 0 spiro atoms. The molecule has 1 aromatic carbocycles. The van der Waals surface area contributed by atoms with Gasteiger partial charge in [0.05, 0.1) is 19.9 Å². The Labute approximate surface area is 148 Å². The molecule has 0 aromatic heterocycles. The summed E-state index contributed by atoms with van der Waals surface area (Å²) in [5, 5.41) is 2.95. The van der Waals surface area contributed by atoms with Gasteiger partial charge in [0.2, 0.25) is 11.8 Å². The molecule has 2 aliphatic rings. The number of likely N-dealkylation sites (tertiary alicyclic amines) is 1. The van der Waals surface area contributed by atoms with E-state index in [1.54, 1.807) is 32.4 Å². The molecule has 6 heteroatoms. The molecule has 0 bridgehead atoms. The molecule has 3 rings (SSSR count). The number of rotatable bonds is 5. The number of nitrogens with one attached hydrogen (secondary N) is 1. The lowest BCUT2D eigenvalue weighted by molar-refractivity contribution is -0.140. The highest BCUT2D eigenvalue weighted by atomic mass is 16.5. The predicted molar refractivity (Wildman–Crippen MR) is 94.8 cm³/mol. The second-order valence-electron chi connectivity index (χ2n) is 6.78. The van der Waals surface area contributed by atoms with Crippen LogP contribution in [-0.4, -0.2) is 44.0 Å². The van der Waals surface area contributed by atoms with Gasteiger partial charge < -0.3 is 19.7 Å². The van der Waals surface area contributed by atoms with Crippen LogP contribution in [0.3, 0.4) is 0 Å². The van der Waals surface area contributed by atoms with Crippen LogP contribution in [0.15, 0.2) is 18.2 Å². The van der Waals surface area contributed by atoms with E-state index >= 15 is 0 Å². The van der Waals surface area contributed by atoms with Crippen LogP contribution >= 0.6 is 0 Å². The number of benzene rings is 1. The molecule has 25 heavy (non-hydrogen) atoms. The minimum absolute atomic E-state index is 0.0146. The lowest BCUT2D eigenvalue weighted by atomic mass is 9.83. The monoisotopic (exact) mass is 346 g/mol. The fourth-order valence-corrected chi connectivity index (χ4v) is 3.41. The molecule has 1 heterocycles. The van der Waals surface area contributed by atoms with Crippen LogP contribution < -0.4 is 14.8 Å². The Bertz CT molecular complexity index is 634. The van der Waals surface area contributed by atoms with E-state index in [-0.39, 0.29) is 23.7 Å². The average molecular weight is 346 g/mol. The zero-order valence-corrected chi connectivity index (χ0v) is 14.9. The molecule has 2 fully saturated rings. The van der Waals surface area contributed by atoms with Crippen molar-refractivity contribution >= 4 is 17.5 Å². The summed E-state index contributed by atoms with van der Waals surface area (Å²) in [4.78, 5) is 26.8. The number of nitrogens with zero attached hydrogens (tertiary/aromatic N) is 1. The van der Waals surface area contributed by atoms with E-state index in [0.717, 1.165) is 12.8 Å². The van der Waals surface area contributed by atoms with Crippen molar-refractivity contribution in [2.24, 2.45) is 11.8 Å². The zero-order valence-electron chi connectivity index (χ0n) is 14.9. The van der Waals surface area contributed by atoms with Gasteiger partial charge in [-0.3, -0.25) is 9.59 Å². The Balaban J connectivity index is 1.55. The van der Waals surface area contributed by atoms with E-state index < -0.39 is 0 Å². The maximum atomic E-state index is 12.6. The number of anilines is 1. The maximum absolute atomic E-state index is 12.6. The standard InChI is InChI=1S/C19H26N2O4/c1-24-15-6-7-16(17(12-15)25-2)20-18(22)13-8-10-21(11-9-13)19(23)14-4-3-5-14/h6-7,12-14H,3-5,8-11H2,1-2H3,(H,20,22). The second kappa shape index (κ2) is 7.76. The molecule has 1 aliphatic carbocycles. The lowest BCUT2D eigenvalue weighted by Crippen LogP contribution is -2.45. The third kappa shape index (κ3) is 3.89. The van der Waals surface area contributed by atoms with Gasteiger partial charge in [-0.1, -0.05) is 6.42 Å². The molecule has 2 amide bonds. The van der Waals surface area contributed by atoms with Gasteiger partial charge in [0, 0.05) is 31.0 Å². The van der Waals surface area contributed by atoms with Crippen LogP contribution in [0.25, 0.3) is 0 Å². The third-order valence-electron chi connectivity index (χ3n) is 5.30. The van der Waals surface area contributed by atoms with E-state index in [2.05, 4.69) is 5.32 Å². The Morgan fingerprint density at radius 1 is 1.04 bits per heavy atom. The van der Waals surface area contributed by atoms with Crippen molar-refractivity contribution in [3.8, 4) is 11.5 Å². The molecule has 1 saturated carbocycles. The molecule has 1 aliphatic heterocycles. The molecule has 1 N–H and O–H groups in total. The van der Waals surface area contributed by atoms with Crippen LogP contribution in [0.4, 0.5) is 5.69 Å².